The number of hydrogen-bond donors (Lipinski definition) is 2. The highest BCUT2D eigenvalue weighted by molar-refractivity contribution is 8.15. The summed E-state index contributed by atoms with van der Waals surface area (Å²) in [4.78, 5) is 25.4. The molecule has 11 heteroatoms. The molecule has 2 aliphatic rings. The Morgan fingerprint density at radius 3 is 2.82 bits per heavy atom. The standard InChI is InChI=1S/C23H22F3N5O2S/c1-5-11(2)33-17-10-28-18(12(3)29-17)19(32)30-13-6-7-15(24)14(8-13)22(4)16-9-23(16,20(25)26)34-21(27)31-22/h1,6-8,10-11,16,20H,9H2,2-4H3,(H2,27,31)(H,30,32)/t11-,16-,22+,23-/m0/s1. The molecule has 34 heavy (non-hydrogen) atoms. The SMILES string of the molecule is C#C[C@H](C)Oc1cnc(C(=O)Nc2ccc(F)c([C@@]3(C)N=C(N)S[C@@]4(C(F)F)C[C@@H]34)c2)c(C)n1. The number of amidine groups is 1. The van der Waals surface area contributed by atoms with Crippen LogP contribution in [0.2, 0.25) is 0 Å². The van der Waals surface area contributed by atoms with Crippen LogP contribution in [-0.4, -0.2) is 38.3 Å². The van der Waals surface area contributed by atoms with Gasteiger partial charge >= 0.3 is 0 Å². The Kier molecular flexibility index (Phi) is 5.97. The van der Waals surface area contributed by atoms with Gasteiger partial charge in [0.15, 0.2) is 11.3 Å². The lowest BCUT2D eigenvalue weighted by Gasteiger charge is -2.34. The number of aromatic nitrogens is 2. The smallest absolute Gasteiger partial charge is 0.276 e. The van der Waals surface area contributed by atoms with Crippen molar-refractivity contribution in [2.75, 3.05) is 5.32 Å². The number of alkyl halides is 2. The van der Waals surface area contributed by atoms with Crippen molar-refractivity contribution in [1.82, 2.24) is 9.97 Å². The molecule has 7 nitrogen and oxygen atoms in total. The van der Waals surface area contributed by atoms with Crippen molar-refractivity contribution < 1.29 is 22.7 Å². The number of carbonyl (C=O) groups is 1. The minimum Gasteiger partial charge on any atom is -0.460 e. The Bertz CT molecular complexity index is 1230. The maximum absolute atomic E-state index is 14.9. The topological polar surface area (TPSA) is 102 Å². The average molecular weight is 490 g/mol. The van der Waals surface area contributed by atoms with Gasteiger partial charge in [-0.15, -0.1) is 6.42 Å². The molecule has 0 bridgehead atoms. The first-order chi connectivity index (χ1) is 16.0. The number of fused-ring (bicyclic) bond motifs is 1. The van der Waals surface area contributed by atoms with E-state index in [1.54, 1.807) is 20.8 Å². The average Bonchev–Trinajstić information content (AvgIpc) is 3.52. The molecule has 1 amide bonds. The third kappa shape index (κ3) is 4.07. The number of aliphatic imine (C=N–C) groups is 1. The van der Waals surface area contributed by atoms with E-state index in [1.807, 2.05) is 0 Å². The van der Waals surface area contributed by atoms with Gasteiger partial charge < -0.3 is 15.8 Å². The number of ether oxygens (including phenoxy) is 1. The summed E-state index contributed by atoms with van der Waals surface area (Å²) < 4.78 is 46.4. The Morgan fingerprint density at radius 2 is 2.18 bits per heavy atom. The number of anilines is 1. The highest BCUT2D eigenvalue weighted by Gasteiger charge is 2.71. The maximum Gasteiger partial charge on any atom is 0.276 e. The Labute approximate surface area is 198 Å². The van der Waals surface area contributed by atoms with Crippen LogP contribution in [0, 0.1) is 31.0 Å². The molecule has 0 saturated heterocycles. The fraction of sp³-hybridized carbons (Fsp3) is 0.391. The van der Waals surface area contributed by atoms with E-state index in [-0.39, 0.29) is 34.4 Å². The Morgan fingerprint density at radius 1 is 1.44 bits per heavy atom. The third-order valence-electron chi connectivity index (χ3n) is 6.08. The van der Waals surface area contributed by atoms with E-state index >= 15 is 0 Å². The number of benzene rings is 1. The highest BCUT2D eigenvalue weighted by atomic mass is 32.2. The molecule has 2 aromatic rings. The molecule has 1 saturated carbocycles. The summed E-state index contributed by atoms with van der Waals surface area (Å²) in [5.74, 6) is 0.772. The van der Waals surface area contributed by atoms with Gasteiger partial charge in [0.25, 0.3) is 12.3 Å². The summed E-state index contributed by atoms with van der Waals surface area (Å²) >= 11 is 0.843. The van der Waals surface area contributed by atoms with Gasteiger partial charge in [-0.25, -0.2) is 23.1 Å². The predicted molar refractivity (Wildman–Crippen MR) is 123 cm³/mol. The van der Waals surface area contributed by atoms with Gasteiger partial charge in [-0.1, -0.05) is 17.7 Å². The Hall–Kier alpha value is -3.26. The van der Waals surface area contributed by atoms with Gasteiger partial charge in [-0.3, -0.25) is 9.79 Å². The van der Waals surface area contributed by atoms with Crippen molar-refractivity contribution in [3.05, 3.63) is 47.2 Å². The molecule has 1 aliphatic carbocycles. The molecule has 0 radical (unpaired) electrons. The van der Waals surface area contributed by atoms with Crippen LogP contribution >= 0.6 is 11.8 Å². The van der Waals surface area contributed by atoms with Gasteiger partial charge in [0.1, 0.15) is 11.5 Å². The molecule has 2 heterocycles. The van der Waals surface area contributed by atoms with Crippen molar-refractivity contribution in [3.63, 3.8) is 0 Å². The number of rotatable bonds is 6. The van der Waals surface area contributed by atoms with Crippen LogP contribution in [0.25, 0.3) is 0 Å². The molecule has 1 fully saturated rings. The second-order valence-electron chi connectivity index (χ2n) is 8.43. The summed E-state index contributed by atoms with van der Waals surface area (Å²) in [6.07, 6.45) is 3.58. The lowest BCUT2D eigenvalue weighted by Crippen LogP contribution is -2.38. The number of halogens is 3. The first kappa shape index (κ1) is 23.9. The van der Waals surface area contributed by atoms with Crippen LogP contribution < -0.4 is 15.8 Å². The van der Waals surface area contributed by atoms with Crippen molar-refractivity contribution in [2.24, 2.45) is 16.6 Å². The van der Waals surface area contributed by atoms with E-state index in [0.717, 1.165) is 17.8 Å². The lowest BCUT2D eigenvalue weighted by atomic mass is 9.85. The van der Waals surface area contributed by atoms with Crippen molar-refractivity contribution in [1.29, 1.82) is 0 Å². The molecule has 4 atom stereocenters. The normalized spacial score (nSPS) is 26.2. The largest absolute Gasteiger partial charge is 0.460 e. The van der Waals surface area contributed by atoms with Crippen LogP contribution in [0.5, 0.6) is 5.88 Å². The van der Waals surface area contributed by atoms with Gasteiger partial charge in [0.05, 0.1) is 22.2 Å². The van der Waals surface area contributed by atoms with Crippen LogP contribution in [0.15, 0.2) is 29.4 Å². The van der Waals surface area contributed by atoms with Crippen molar-refractivity contribution in [3.8, 4) is 18.2 Å². The summed E-state index contributed by atoms with van der Waals surface area (Å²) in [6, 6.07) is 3.92. The van der Waals surface area contributed by atoms with Gasteiger partial charge in [0.2, 0.25) is 5.88 Å². The van der Waals surface area contributed by atoms with Crippen LogP contribution in [0.1, 0.15) is 42.0 Å². The van der Waals surface area contributed by atoms with Gasteiger partial charge in [-0.2, -0.15) is 0 Å². The molecule has 1 aliphatic heterocycles. The predicted octanol–water partition coefficient (Wildman–Crippen LogP) is 3.88. The zero-order valence-corrected chi connectivity index (χ0v) is 19.4. The van der Waals surface area contributed by atoms with Crippen LogP contribution in [0.3, 0.4) is 0 Å². The van der Waals surface area contributed by atoms with E-state index in [9.17, 15) is 18.0 Å². The molecular weight excluding hydrogens is 467 g/mol. The molecular formula is C23H22F3N5O2S. The second kappa shape index (κ2) is 8.51. The fourth-order valence-electron chi connectivity index (χ4n) is 4.24. The van der Waals surface area contributed by atoms with E-state index in [0.29, 0.717) is 5.69 Å². The molecule has 4 rings (SSSR count). The minimum atomic E-state index is -2.63. The second-order valence-corrected chi connectivity index (χ2v) is 9.81. The van der Waals surface area contributed by atoms with Crippen LogP contribution in [0.4, 0.5) is 18.9 Å². The molecule has 178 valence electrons. The number of carbonyl (C=O) groups excluding carboxylic acids is 1. The molecule has 3 N–H and O–H groups in total. The maximum atomic E-state index is 14.9. The van der Waals surface area contributed by atoms with Crippen LogP contribution in [-0.2, 0) is 5.54 Å². The Balaban J connectivity index is 1.60. The number of nitrogens with two attached hydrogens (primary N) is 1. The summed E-state index contributed by atoms with van der Waals surface area (Å²) in [5, 5.41) is 2.64. The van der Waals surface area contributed by atoms with E-state index in [2.05, 4.69) is 26.2 Å². The molecule has 1 aromatic carbocycles. The van der Waals surface area contributed by atoms with Crippen molar-refractivity contribution in [2.45, 2.75) is 50.0 Å². The first-order valence-electron chi connectivity index (χ1n) is 10.4. The molecule has 0 spiro atoms. The number of aryl methyl sites for hydroxylation is 1. The number of nitrogens with one attached hydrogen (secondary N) is 1. The fourth-order valence-corrected chi connectivity index (χ4v) is 5.58. The molecule has 1 aromatic heterocycles. The number of hydrogen-bond acceptors (Lipinski definition) is 7. The number of amides is 1. The van der Waals surface area contributed by atoms with E-state index < -0.39 is 40.5 Å². The number of thioether (sulfide) groups is 1. The number of terminal acetylenes is 1. The highest BCUT2D eigenvalue weighted by Crippen LogP contribution is 2.68. The first-order valence-corrected chi connectivity index (χ1v) is 11.2. The van der Waals surface area contributed by atoms with Crippen molar-refractivity contribution >= 4 is 28.5 Å². The lowest BCUT2D eigenvalue weighted by molar-refractivity contribution is 0.102. The zero-order valence-electron chi connectivity index (χ0n) is 18.6. The minimum absolute atomic E-state index is 0.0160. The quantitative estimate of drug-likeness (QED) is 0.597. The summed E-state index contributed by atoms with van der Waals surface area (Å²) in [7, 11) is 0. The third-order valence-corrected chi connectivity index (χ3v) is 7.39. The summed E-state index contributed by atoms with van der Waals surface area (Å²) in [6.45, 7) is 4.84. The van der Waals surface area contributed by atoms with Gasteiger partial charge in [-0.05, 0) is 45.4 Å². The van der Waals surface area contributed by atoms with E-state index in [4.69, 9.17) is 16.9 Å². The molecule has 0 unspecified atom stereocenters. The monoisotopic (exact) mass is 489 g/mol. The number of nitrogens with zero attached hydrogens (tertiary/aromatic N) is 3. The van der Waals surface area contributed by atoms with E-state index in [1.165, 1.54) is 18.3 Å². The zero-order chi connectivity index (χ0) is 24.8. The summed E-state index contributed by atoms with van der Waals surface area (Å²) in [5.41, 5.74) is 5.22. The van der Waals surface area contributed by atoms with Gasteiger partial charge in [0, 0.05) is 17.2 Å².